The van der Waals surface area contributed by atoms with Crippen LogP contribution in [0.1, 0.15) is 5.56 Å². The predicted molar refractivity (Wildman–Crippen MR) is 51.4 cm³/mol. The van der Waals surface area contributed by atoms with Crippen LogP contribution in [0.2, 0.25) is 0 Å². The Morgan fingerprint density at radius 2 is 1.93 bits per heavy atom. The molecule has 0 unspecified atom stereocenters. The van der Waals surface area contributed by atoms with E-state index in [2.05, 4.69) is 4.74 Å². The number of methoxy groups -OCH3 is 1. The molecule has 0 amide bonds. The van der Waals surface area contributed by atoms with E-state index in [9.17, 15) is 0 Å². The first-order valence-electron chi connectivity index (χ1n) is 4.21. The molecule has 1 heterocycles. The van der Waals surface area contributed by atoms with Crippen LogP contribution in [0, 0.1) is 0 Å². The molecule has 0 saturated heterocycles. The molecule has 0 atom stereocenters. The van der Waals surface area contributed by atoms with Gasteiger partial charge in [-0.3, -0.25) is 0 Å². The van der Waals surface area contributed by atoms with Crippen LogP contribution in [-0.2, 0) is 11.3 Å². The molecule has 14 heavy (non-hydrogen) atoms. The molecule has 4 heteroatoms. The first-order valence-corrected chi connectivity index (χ1v) is 4.21. The molecule has 2 rings (SSSR count). The molecule has 0 bridgehead atoms. The Bertz CT molecular complexity index is 285. The number of benzene rings is 1. The monoisotopic (exact) mass is 198 g/mol. The fraction of sp³-hybridized carbons (Fsp3) is 0.400. The summed E-state index contributed by atoms with van der Waals surface area (Å²) in [4.78, 5) is 0. The molecule has 0 fully saturated rings. The summed E-state index contributed by atoms with van der Waals surface area (Å²) >= 11 is 0. The summed E-state index contributed by atoms with van der Waals surface area (Å²) in [7, 11) is 3.25. The van der Waals surface area contributed by atoms with Gasteiger partial charge in [0.25, 0.3) is 0 Å². The lowest BCUT2D eigenvalue weighted by atomic mass is 10.2. The van der Waals surface area contributed by atoms with Crippen molar-refractivity contribution in [3.63, 3.8) is 0 Å². The lowest BCUT2D eigenvalue weighted by molar-refractivity contribution is 0.174. The van der Waals surface area contributed by atoms with Crippen LogP contribution in [0.5, 0.6) is 11.5 Å². The standard InChI is InChI=1S/C8H8O3.C2H6O/c9-4-6-1-2-7-8(3-6)11-5-10-7;1-3-2/h1-3,9H,4-5H2;1-2H3. The zero-order valence-electron chi connectivity index (χ0n) is 8.32. The van der Waals surface area contributed by atoms with Gasteiger partial charge in [-0.25, -0.2) is 0 Å². The van der Waals surface area contributed by atoms with E-state index < -0.39 is 0 Å². The number of hydrogen-bond acceptors (Lipinski definition) is 4. The van der Waals surface area contributed by atoms with E-state index in [-0.39, 0.29) is 13.4 Å². The summed E-state index contributed by atoms with van der Waals surface area (Å²) < 4.78 is 14.5. The molecule has 1 aliphatic heterocycles. The maximum Gasteiger partial charge on any atom is 0.231 e. The fourth-order valence-corrected chi connectivity index (χ4v) is 1.04. The van der Waals surface area contributed by atoms with E-state index in [0.717, 1.165) is 17.1 Å². The molecule has 0 spiro atoms. The van der Waals surface area contributed by atoms with Crippen molar-refractivity contribution >= 4 is 0 Å². The number of hydrogen-bond donors (Lipinski definition) is 1. The molecule has 0 aromatic heterocycles. The Morgan fingerprint density at radius 3 is 2.57 bits per heavy atom. The summed E-state index contributed by atoms with van der Waals surface area (Å²) in [6.45, 7) is 0.320. The Hall–Kier alpha value is -1.26. The van der Waals surface area contributed by atoms with E-state index >= 15 is 0 Å². The highest BCUT2D eigenvalue weighted by atomic mass is 16.7. The molecule has 0 radical (unpaired) electrons. The molecule has 78 valence electrons. The molecule has 1 N–H and O–H groups in total. The van der Waals surface area contributed by atoms with Crippen molar-refractivity contribution in [2.24, 2.45) is 0 Å². The second kappa shape index (κ2) is 5.47. The quantitative estimate of drug-likeness (QED) is 0.735. The molecule has 0 saturated carbocycles. The number of rotatable bonds is 1. The van der Waals surface area contributed by atoms with Crippen molar-refractivity contribution < 1.29 is 19.3 Å². The zero-order valence-corrected chi connectivity index (χ0v) is 8.32. The average molecular weight is 198 g/mol. The number of aliphatic hydroxyl groups is 1. The molecular weight excluding hydrogens is 184 g/mol. The molecular formula is C10H14O4. The third kappa shape index (κ3) is 2.61. The summed E-state index contributed by atoms with van der Waals surface area (Å²) in [6, 6.07) is 5.39. The van der Waals surface area contributed by atoms with E-state index in [1.807, 2.05) is 6.07 Å². The van der Waals surface area contributed by atoms with Gasteiger partial charge in [-0.1, -0.05) is 6.07 Å². The summed E-state index contributed by atoms with van der Waals surface area (Å²) in [6.07, 6.45) is 0. The second-order valence-corrected chi connectivity index (χ2v) is 2.75. The van der Waals surface area contributed by atoms with Crippen molar-refractivity contribution in [2.75, 3.05) is 21.0 Å². The number of ether oxygens (including phenoxy) is 3. The van der Waals surface area contributed by atoms with Gasteiger partial charge in [0.1, 0.15) is 0 Å². The van der Waals surface area contributed by atoms with Gasteiger partial charge in [0.2, 0.25) is 6.79 Å². The maximum absolute atomic E-state index is 8.77. The van der Waals surface area contributed by atoms with E-state index in [1.54, 1.807) is 26.4 Å². The lowest BCUT2D eigenvalue weighted by Crippen LogP contribution is -1.92. The number of fused-ring (bicyclic) bond motifs is 1. The van der Waals surface area contributed by atoms with Gasteiger partial charge in [-0.05, 0) is 17.7 Å². The van der Waals surface area contributed by atoms with E-state index in [4.69, 9.17) is 14.6 Å². The minimum atomic E-state index is 0.0383. The van der Waals surface area contributed by atoms with Crippen LogP contribution in [0.4, 0.5) is 0 Å². The Morgan fingerprint density at radius 1 is 1.29 bits per heavy atom. The molecule has 1 aliphatic rings. The highest BCUT2D eigenvalue weighted by Gasteiger charge is 2.12. The second-order valence-electron chi connectivity index (χ2n) is 2.75. The SMILES string of the molecule is COC.OCc1ccc2c(c1)OCO2. The lowest BCUT2D eigenvalue weighted by Gasteiger charge is -1.97. The van der Waals surface area contributed by atoms with Crippen LogP contribution in [-0.4, -0.2) is 26.1 Å². The first kappa shape index (κ1) is 10.8. The molecule has 1 aromatic carbocycles. The normalized spacial score (nSPS) is 11.9. The first-order chi connectivity index (χ1) is 6.81. The van der Waals surface area contributed by atoms with Gasteiger partial charge in [0.15, 0.2) is 11.5 Å². The van der Waals surface area contributed by atoms with Gasteiger partial charge in [0, 0.05) is 14.2 Å². The highest BCUT2D eigenvalue weighted by molar-refractivity contribution is 5.44. The largest absolute Gasteiger partial charge is 0.454 e. The van der Waals surface area contributed by atoms with Crippen LogP contribution in [0.25, 0.3) is 0 Å². The predicted octanol–water partition coefficient (Wildman–Crippen LogP) is 1.17. The third-order valence-electron chi connectivity index (χ3n) is 1.62. The Balaban J connectivity index is 0.000000293. The third-order valence-corrected chi connectivity index (χ3v) is 1.62. The number of aliphatic hydroxyl groups excluding tert-OH is 1. The Labute approximate surface area is 83.0 Å². The molecule has 0 aliphatic carbocycles. The highest BCUT2D eigenvalue weighted by Crippen LogP contribution is 2.32. The topological polar surface area (TPSA) is 47.9 Å². The van der Waals surface area contributed by atoms with Crippen LogP contribution < -0.4 is 9.47 Å². The molecule has 1 aromatic rings. The van der Waals surface area contributed by atoms with Crippen molar-refractivity contribution in [3.8, 4) is 11.5 Å². The van der Waals surface area contributed by atoms with Gasteiger partial charge in [-0.2, -0.15) is 0 Å². The maximum atomic E-state index is 8.77. The van der Waals surface area contributed by atoms with Gasteiger partial charge in [0.05, 0.1) is 6.61 Å². The van der Waals surface area contributed by atoms with Crippen LogP contribution in [0.15, 0.2) is 18.2 Å². The summed E-state index contributed by atoms with van der Waals surface area (Å²) in [5, 5.41) is 8.77. The average Bonchev–Trinajstić information content (AvgIpc) is 2.65. The van der Waals surface area contributed by atoms with Crippen LogP contribution in [0.3, 0.4) is 0 Å². The van der Waals surface area contributed by atoms with E-state index in [1.165, 1.54) is 0 Å². The Kier molecular flexibility index (Phi) is 4.22. The van der Waals surface area contributed by atoms with Gasteiger partial charge in [-0.15, -0.1) is 0 Å². The van der Waals surface area contributed by atoms with Crippen molar-refractivity contribution in [3.05, 3.63) is 23.8 Å². The minimum Gasteiger partial charge on any atom is -0.454 e. The van der Waals surface area contributed by atoms with Gasteiger partial charge < -0.3 is 19.3 Å². The summed E-state index contributed by atoms with van der Waals surface area (Å²) in [5.74, 6) is 1.47. The van der Waals surface area contributed by atoms with E-state index in [0.29, 0.717) is 0 Å². The minimum absolute atomic E-state index is 0.0383. The summed E-state index contributed by atoms with van der Waals surface area (Å²) in [5.41, 5.74) is 0.842. The molecule has 4 nitrogen and oxygen atoms in total. The fourth-order valence-electron chi connectivity index (χ4n) is 1.04. The zero-order chi connectivity index (χ0) is 10.4. The van der Waals surface area contributed by atoms with Crippen molar-refractivity contribution in [1.29, 1.82) is 0 Å². The van der Waals surface area contributed by atoms with Crippen molar-refractivity contribution in [1.82, 2.24) is 0 Å². The van der Waals surface area contributed by atoms with Crippen LogP contribution >= 0.6 is 0 Å². The van der Waals surface area contributed by atoms with Crippen molar-refractivity contribution in [2.45, 2.75) is 6.61 Å². The smallest absolute Gasteiger partial charge is 0.231 e. The van der Waals surface area contributed by atoms with Gasteiger partial charge >= 0.3 is 0 Å².